The molecule has 1 aliphatic heterocycles. The summed E-state index contributed by atoms with van der Waals surface area (Å²) in [7, 11) is 1.63. The van der Waals surface area contributed by atoms with Gasteiger partial charge in [-0.3, -0.25) is 9.69 Å². The highest BCUT2D eigenvalue weighted by molar-refractivity contribution is 5.94. The van der Waals surface area contributed by atoms with Crippen molar-refractivity contribution in [2.45, 2.75) is 12.8 Å². The Kier molecular flexibility index (Phi) is 6.53. The Morgan fingerprint density at radius 1 is 1.18 bits per heavy atom. The second kappa shape index (κ2) is 9.47. The smallest absolute Gasteiger partial charge is 0.321 e. The van der Waals surface area contributed by atoms with Gasteiger partial charge in [0.1, 0.15) is 5.75 Å². The minimum atomic E-state index is -0.0730. The van der Waals surface area contributed by atoms with Crippen molar-refractivity contribution >= 4 is 17.6 Å². The minimum absolute atomic E-state index is 0.0273. The topological polar surface area (TPSA) is 70.7 Å². The van der Waals surface area contributed by atoms with Gasteiger partial charge in [0.25, 0.3) is 0 Å². The van der Waals surface area contributed by atoms with Crippen LogP contribution in [-0.4, -0.2) is 38.7 Å². The second-order valence-electron chi connectivity index (χ2n) is 6.36. The molecule has 1 heterocycles. The predicted octanol–water partition coefficient (Wildman–Crippen LogP) is 2.33. The summed E-state index contributed by atoms with van der Waals surface area (Å²) < 4.78 is 5.12. The molecular formula is C22H23N3O3. The largest absolute Gasteiger partial charge is 0.497 e. The maximum atomic E-state index is 11.9. The number of benzene rings is 2. The van der Waals surface area contributed by atoms with E-state index in [2.05, 4.69) is 22.5 Å². The number of methoxy groups -OCH3 is 1. The number of anilines is 1. The number of carbonyl (C=O) groups is 2. The van der Waals surface area contributed by atoms with Gasteiger partial charge in [-0.2, -0.15) is 0 Å². The van der Waals surface area contributed by atoms with Gasteiger partial charge in [0, 0.05) is 30.8 Å². The van der Waals surface area contributed by atoms with E-state index >= 15 is 0 Å². The van der Waals surface area contributed by atoms with Crippen LogP contribution in [0.2, 0.25) is 0 Å². The van der Waals surface area contributed by atoms with Crippen molar-refractivity contribution in [1.29, 1.82) is 0 Å². The lowest BCUT2D eigenvalue weighted by Crippen LogP contribution is -2.27. The highest BCUT2D eigenvalue weighted by Gasteiger charge is 2.20. The first-order chi connectivity index (χ1) is 13.7. The number of aryl methyl sites for hydroxylation is 1. The molecule has 1 fully saturated rings. The van der Waals surface area contributed by atoms with Crippen molar-refractivity contribution in [3.8, 4) is 17.6 Å². The van der Waals surface area contributed by atoms with E-state index in [0.717, 1.165) is 22.6 Å². The van der Waals surface area contributed by atoms with Crippen LogP contribution < -0.4 is 20.3 Å². The van der Waals surface area contributed by atoms with Crippen LogP contribution in [0.3, 0.4) is 0 Å². The zero-order chi connectivity index (χ0) is 19.8. The van der Waals surface area contributed by atoms with Crippen LogP contribution in [-0.2, 0) is 11.2 Å². The molecule has 0 saturated carbocycles. The molecule has 0 aliphatic carbocycles. The van der Waals surface area contributed by atoms with Crippen molar-refractivity contribution in [2.24, 2.45) is 0 Å². The first-order valence-corrected chi connectivity index (χ1v) is 9.19. The Hall–Kier alpha value is -3.46. The van der Waals surface area contributed by atoms with Gasteiger partial charge < -0.3 is 15.4 Å². The summed E-state index contributed by atoms with van der Waals surface area (Å²) in [6.07, 6.45) is 1.09. The lowest BCUT2D eigenvalue weighted by Gasteiger charge is -2.13. The summed E-state index contributed by atoms with van der Waals surface area (Å²) >= 11 is 0. The van der Waals surface area contributed by atoms with Crippen LogP contribution in [0.1, 0.15) is 17.5 Å². The van der Waals surface area contributed by atoms with Crippen LogP contribution in [0.5, 0.6) is 5.75 Å². The fraction of sp³-hybridized carbons (Fsp3) is 0.273. The van der Waals surface area contributed by atoms with Gasteiger partial charge in [-0.25, -0.2) is 4.79 Å². The third-order valence-electron chi connectivity index (χ3n) is 4.44. The molecule has 1 aliphatic rings. The van der Waals surface area contributed by atoms with E-state index in [9.17, 15) is 9.59 Å². The van der Waals surface area contributed by atoms with Gasteiger partial charge >= 0.3 is 6.03 Å². The zero-order valence-corrected chi connectivity index (χ0v) is 15.8. The molecule has 28 heavy (non-hydrogen) atoms. The SMILES string of the molecule is COc1ccc(CCC(=O)NCC#Cc2ccc(N3CCNC3=O)cc2)cc1. The number of amides is 3. The zero-order valence-electron chi connectivity index (χ0n) is 15.8. The first-order valence-electron chi connectivity index (χ1n) is 9.19. The summed E-state index contributed by atoms with van der Waals surface area (Å²) in [5.41, 5.74) is 2.79. The average Bonchev–Trinajstić information content (AvgIpc) is 3.16. The van der Waals surface area contributed by atoms with Gasteiger partial charge in [-0.05, 0) is 48.4 Å². The molecule has 0 aromatic heterocycles. The Morgan fingerprint density at radius 3 is 2.57 bits per heavy atom. The summed E-state index contributed by atoms with van der Waals surface area (Å²) in [5, 5.41) is 5.58. The van der Waals surface area contributed by atoms with E-state index in [0.29, 0.717) is 32.5 Å². The molecule has 3 amide bonds. The Morgan fingerprint density at radius 2 is 1.93 bits per heavy atom. The van der Waals surface area contributed by atoms with E-state index in [1.807, 2.05) is 48.5 Å². The lowest BCUT2D eigenvalue weighted by atomic mass is 10.1. The Balaban J connectivity index is 1.41. The number of hydrogen-bond acceptors (Lipinski definition) is 3. The van der Waals surface area contributed by atoms with Gasteiger partial charge in [0.15, 0.2) is 0 Å². The molecule has 6 nitrogen and oxygen atoms in total. The van der Waals surface area contributed by atoms with E-state index in [1.165, 1.54) is 0 Å². The molecule has 144 valence electrons. The molecule has 0 spiro atoms. The molecule has 2 N–H and O–H groups in total. The Labute approximate surface area is 164 Å². The number of ether oxygens (including phenoxy) is 1. The quantitative estimate of drug-likeness (QED) is 0.759. The molecular weight excluding hydrogens is 354 g/mol. The van der Waals surface area contributed by atoms with Gasteiger partial charge in [0.05, 0.1) is 13.7 Å². The standard InChI is InChI=1S/C22H23N3O3/c1-28-20-11-6-18(7-12-20)8-13-21(26)23-14-2-3-17-4-9-19(10-5-17)25-16-15-24-22(25)27/h4-7,9-12H,8,13-16H2,1H3,(H,23,26)(H,24,27). The lowest BCUT2D eigenvalue weighted by molar-refractivity contribution is -0.120. The number of urea groups is 1. The van der Waals surface area contributed by atoms with E-state index in [4.69, 9.17) is 4.74 Å². The third kappa shape index (κ3) is 5.27. The molecule has 0 unspecified atom stereocenters. The third-order valence-corrected chi connectivity index (χ3v) is 4.44. The molecule has 2 aromatic carbocycles. The van der Waals surface area contributed by atoms with Crippen LogP contribution in [0, 0.1) is 11.8 Å². The molecule has 0 radical (unpaired) electrons. The average molecular weight is 377 g/mol. The maximum Gasteiger partial charge on any atom is 0.321 e. The molecule has 0 bridgehead atoms. The van der Waals surface area contributed by atoms with Crippen LogP contribution in [0.15, 0.2) is 48.5 Å². The molecule has 2 aromatic rings. The van der Waals surface area contributed by atoms with Crippen molar-refractivity contribution in [3.05, 3.63) is 59.7 Å². The molecule has 0 atom stereocenters. The maximum absolute atomic E-state index is 11.9. The van der Waals surface area contributed by atoms with Crippen molar-refractivity contribution in [1.82, 2.24) is 10.6 Å². The number of nitrogens with zero attached hydrogens (tertiary/aromatic N) is 1. The van der Waals surface area contributed by atoms with E-state index < -0.39 is 0 Å². The van der Waals surface area contributed by atoms with Crippen LogP contribution in [0.4, 0.5) is 10.5 Å². The fourth-order valence-electron chi connectivity index (χ4n) is 2.87. The van der Waals surface area contributed by atoms with Gasteiger partial charge in [-0.15, -0.1) is 0 Å². The van der Waals surface area contributed by atoms with E-state index in [-0.39, 0.29) is 11.9 Å². The fourth-order valence-corrected chi connectivity index (χ4v) is 2.87. The Bertz CT molecular complexity index is 880. The van der Waals surface area contributed by atoms with Gasteiger partial charge in [-0.1, -0.05) is 24.0 Å². The highest BCUT2D eigenvalue weighted by atomic mass is 16.5. The van der Waals surface area contributed by atoms with Gasteiger partial charge in [0.2, 0.25) is 5.91 Å². The van der Waals surface area contributed by atoms with Crippen LogP contribution >= 0.6 is 0 Å². The molecule has 3 rings (SSSR count). The van der Waals surface area contributed by atoms with Crippen molar-refractivity contribution < 1.29 is 14.3 Å². The number of rotatable bonds is 6. The van der Waals surface area contributed by atoms with Crippen molar-refractivity contribution in [2.75, 3.05) is 31.6 Å². The van der Waals surface area contributed by atoms with E-state index in [1.54, 1.807) is 12.0 Å². The summed E-state index contributed by atoms with van der Waals surface area (Å²) in [5.74, 6) is 6.75. The summed E-state index contributed by atoms with van der Waals surface area (Å²) in [6, 6.07) is 15.1. The molecule has 1 saturated heterocycles. The highest BCUT2D eigenvalue weighted by Crippen LogP contribution is 2.16. The second-order valence-corrected chi connectivity index (χ2v) is 6.36. The summed E-state index contributed by atoms with van der Waals surface area (Å²) in [6.45, 7) is 1.64. The number of hydrogen-bond donors (Lipinski definition) is 2. The number of nitrogens with one attached hydrogen (secondary N) is 2. The molecule has 6 heteroatoms. The van der Waals surface area contributed by atoms with Crippen molar-refractivity contribution in [3.63, 3.8) is 0 Å². The minimum Gasteiger partial charge on any atom is -0.497 e. The normalized spacial score (nSPS) is 12.8. The number of carbonyl (C=O) groups excluding carboxylic acids is 2. The predicted molar refractivity (Wildman–Crippen MR) is 108 cm³/mol. The summed E-state index contributed by atoms with van der Waals surface area (Å²) in [4.78, 5) is 25.3. The monoisotopic (exact) mass is 377 g/mol. The van der Waals surface area contributed by atoms with Crippen LogP contribution in [0.25, 0.3) is 0 Å². The first kappa shape index (κ1) is 19.3.